The lowest BCUT2D eigenvalue weighted by atomic mass is 9.84. The van der Waals surface area contributed by atoms with Gasteiger partial charge in [0.15, 0.2) is 0 Å². The maximum atomic E-state index is 3.85. The van der Waals surface area contributed by atoms with Gasteiger partial charge in [0.1, 0.15) is 0 Å². The smallest absolute Gasteiger partial charge is 0.0249 e. The molecule has 2 fully saturated rings. The van der Waals surface area contributed by atoms with Gasteiger partial charge in [-0.2, -0.15) is 0 Å². The van der Waals surface area contributed by atoms with Crippen molar-refractivity contribution in [2.45, 2.75) is 96.7 Å². The van der Waals surface area contributed by atoms with E-state index in [1.54, 1.807) is 0 Å². The molecule has 2 nitrogen and oxygen atoms in total. The number of hydrogen-bond acceptors (Lipinski definition) is 2. The first kappa shape index (κ1) is 16.3. The van der Waals surface area contributed by atoms with Crippen LogP contribution in [0.15, 0.2) is 0 Å². The fourth-order valence-electron chi connectivity index (χ4n) is 4.68. The SMILES string of the molecule is CCCNC(CCC)C(CC)N1CCC2CCCCC21. The average molecular weight is 280 g/mol. The number of nitrogens with one attached hydrogen (secondary N) is 1. The Labute approximate surface area is 126 Å². The summed E-state index contributed by atoms with van der Waals surface area (Å²) in [6.07, 6.45) is 12.6. The van der Waals surface area contributed by atoms with Gasteiger partial charge >= 0.3 is 0 Å². The van der Waals surface area contributed by atoms with E-state index in [2.05, 4.69) is 31.0 Å². The van der Waals surface area contributed by atoms with Crippen molar-refractivity contribution in [2.75, 3.05) is 13.1 Å². The molecule has 1 aliphatic heterocycles. The van der Waals surface area contributed by atoms with E-state index < -0.39 is 0 Å². The summed E-state index contributed by atoms with van der Waals surface area (Å²) in [7, 11) is 0. The van der Waals surface area contributed by atoms with Crippen LogP contribution in [0.1, 0.15) is 78.6 Å². The molecule has 0 bridgehead atoms. The summed E-state index contributed by atoms with van der Waals surface area (Å²) in [6.45, 7) is 9.56. The Bertz CT molecular complexity index is 266. The number of nitrogens with zero attached hydrogens (tertiary/aromatic N) is 1. The third-order valence-electron chi connectivity index (χ3n) is 5.62. The Morgan fingerprint density at radius 1 is 1.05 bits per heavy atom. The van der Waals surface area contributed by atoms with Crippen molar-refractivity contribution in [3.8, 4) is 0 Å². The van der Waals surface area contributed by atoms with E-state index in [1.165, 1.54) is 70.9 Å². The second-order valence-electron chi connectivity index (χ2n) is 6.96. The number of fused-ring (bicyclic) bond motifs is 1. The highest BCUT2D eigenvalue weighted by Gasteiger charge is 2.40. The van der Waals surface area contributed by atoms with Crippen LogP contribution in [0, 0.1) is 5.92 Å². The molecule has 1 saturated carbocycles. The Morgan fingerprint density at radius 2 is 1.85 bits per heavy atom. The van der Waals surface area contributed by atoms with Crippen molar-refractivity contribution in [3.63, 3.8) is 0 Å². The lowest BCUT2D eigenvalue weighted by Crippen LogP contribution is -2.52. The molecule has 2 rings (SSSR count). The van der Waals surface area contributed by atoms with Gasteiger partial charge in [-0.3, -0.25) is 4.90 Å². The van der Waals surface area contributed by atoms with Crippen molar-refractivity contribution < 1.29 is 0 Å². The second kappa shape index (κ2) is 8.38. The maximum Gasteiger partial charge on any atom is 0.0249 e. The van der Waals surface area contributed by atoms with Crippen molar-refractivity contribution in [3.05, 3.63) is 0 Å². The quantitative estimate of drug-likeness (QED) is 0.717. The molecule has 1 heterocycles. The minimum absolute atomic E-state index is 0.714. The average Bonchev–Trinajstić information content (AvgIpc) is 2.90. The van der Waals surface area contributed by atoms with E-state index in [-0.39, 0.29) is 0 Å². The maximum absolute atomic E-state index is 3.85. The third kappa shape index (κ3) is 3.76. The van der Waals surface area contributed by atoms with E-state index in [1.807, 2.05) is 0 Å². The first-order valence-electron chi connectivity index (χ1n) is 9.30. The minimum Gasteiger partial charge on any atom is -0.312 e. The van der Waals surface area contributed by atoms with Crippen LogP contribution in [-0.2, 0) is 0 Å². The summed E-state index contributed by atoms with van der Waals surface area (Å²) < 4.78 is 0. The molecule has 2 heteroatoms. The van der Waals surface area contributed by atoms with Gasteiger partial charge in [-0.05, 0) is 57.5 Å². The summed E-state index contributed by atoms with van der Waals surface area (Å²) >= 11 is 0. The van der Waals surface area contributed by atoms with E-state index in [4.69, 9.17) is 0 Å². The van der Waals surface area contributed by atoms with E-state index >= 15 is 0 Å². The monoisotopic (exact) mass is 280 g/mol. The molecule has 1 saturated heterocycles. The van der Waals surface area contributed by atoms with Crippen LogP contribution in [-0.4, -0.2) is 36.1 Å². The van der Waals surface area contributed by atoms with Crippen LogP contribution in [0.4, 0.5) is 0 Å². The fourth-order valence-corrected chi connectivity index (χ4v) is 4.68. The molecule has 1 N–H and O–H groups in total. The summed E-state index contributed by atoms with van der Waals surface area (Å²) in [5.41, 5.74) is 0. The molecule has 118 valence electrons. The van der Waals surface area contributed by atoms with Crippen LogP contribution >= 0.6 is 0 Å². The molecular formula is C18H36N2. The highest BCUT2D eigenvalue weighted by atomic mass is 15.2. The van der Waals surface area contributed by atoms with Gasteiger partial charge in [0.05, 0.1) is 0 Å². The Hall–Kier alpha value is -0.0800. The van der Waals surface area contributed by atoms with Gasteiger partial charge in [0.25, 0.3) is 0 Å². The normalized spacial score (nSPS) is 30.1. The summed E-state index contributed by atoms with van der Waals surface area (Å²) in [4.78, 5) is 2.91. The Kier molecular flexibility index (Phi) is 6.83. The number of hydrogen-bond donors (Lipinski definition) is 1. The number of likely N-dealkylation sites (tertiary alicyclic amines) is 1. The zero-order valence-corrected chi connectivity index (χ0v) is 14.0. The molecule has 4 unspecified atom stereocenters. The topological polar surface area (TPSA) is 15.3 Å². The largest absolute Gasteiger partial charge is 0.312 e. The van der Waals surface area contributed by atoms with Gasteiger partial charge in [0.2, 0.25) is 0 Å². The van der Waals surface area contributed by atoms with Gasteiger partial charge < -0.3 is 5.32 Å². The lowest BCUT2D eigenvalue weighted by molar-refractivity contribution is 0.0999. The molecule has 1 aliphatic carbocycles. The van der Waals surface area contributed by atoms with Gasteiger partial charge in [-0.25, -0.2) is 0 Å². The zero-order chi connectivity index (χ0) is 14.4. The van der Waals surface area contributed by atoms with Crippen LogP contribution in [0.2, 0.25) is 0 Å². The lowest BCUT2D eigenvalue weighted by Gasteiger charge is -2.41. The molecule has 0 aromatic heterocycles. The van der Waals surface area contributed by atoms with E-state index in [0.717, 1.165) is 18.0 Å². The molecule has 0 aromatic rings. The standard InChI is InChI=1S/C18H36N2/c1-4-9-16(19-13-5-2)17(6-3)20-14-12-15-10-7-8-11-18(15)20/h15-19H,4-14H2,1-3H3. The molecule has 0 spiro atoms. The van der Waals surface area contributed by atoms with Crippen LogP contribution in [0.25, 0.3) is 0 Å². The summed E-state index contributed by atoms with van der Waals surface area (Å²) in [5.74, 6) is 1.02. The predicted octanol–water partition coefficient (Wildman–Crippen LogP) is 4.20. The summed E-state index contributed by atoms with van der Waals surface area (Å²) in [5, 5.41) is 3.85. The molecule has 0 radical (unpaired) electrons. The third-order valence-corrected chi connectivity index (χ3v) is 5.62. The molecular weight excluding hydrogens is 244 g/mol. The van der Waals surface area contributed by atoms with Crippen molar-refractivity contribution >= 4 is 0 Å². The molecule has 0 amide bonds. The highest BCUT2D eigenvalue weighted by molar-refractivity contribution is 4.96. The van der Waals surface area contributed by atoms with E-state index in [9.17, 15) is 0 Å². The number of rotatable bonds is 8. The van der Waals surface area contributed by atoms with Crippen LogP contribution < -0.4 is 5.32 Å². The first-order chi connectivity index (χ1) is 9.81. The Balaban J connectivity index is 2.00. The molecule has 0 aromatic carbocycles. The fraction of sp³-hybridized carbons (Fsp3) is 1.00. The van der Waals surface area contributed by atoms with Crippen LogP contribution in [0.3, 0.4) is 0 Å². The molecule has 4 atom stereocenters. The van der Waals surface area contributed by atoms with Gasteiger partial charge in [-0.15, -0.1) is 0 Å². The summed E-state index contributed by atoms with van der Waals surface area (Å²) in [6, 6.07) is 2.40. The van der Waals surface area contributed by atoms with E-state index in [0.29, 0.717) is 6.04 Å². The van der Waals surface area contributed by atoms with Crippen molar-refractivity contribution in [2.24, 2.45) is 5.92 Å². The molecule has 20 heavy (non-hydrogen) atoms. The van der Waals surface area contributed by atoms with Gasteiger partial charge in [-0.1, -0.05) is 40.0 Å². The van der Waals surface area contributed by atoms with Crippen LogP contribution in [0.5, 0.6) is 0 Å². The minimum atomic E-state index is 0.714. The van der Waals surface area contributed by atoms with Crippen molar-refractivity contribution in [1.29, 1.82) is 0 Å². The predicted molar refractivity (Wildman–Crippen MR) is 88.1 cm³/mol. The Morgan fingerprint density at radius 3 is 2.55 bits per heavy atom. The highest BCUT2D eigenvalue weighted by Crippen LogP contribution is 2.38. The second-order valence-corrected chi connectivity index (χ2v) is 6.96. The van der Waals surface area contributed by atoms with Gasteiger partial charge in [0, 0.05) is 18.1 Å². The first-order valence-corrected chi connectivity index (χ1v) is 9.30. The molecule has 2 aliphatic rings. The van der Waals surface area contributed by atoms with Crippen molar-refractivity contribution in [1.82, 2.24) is 10.2 Å². The zero-order valence-electron chi connectivity index (χ0n) is 14.0.